The summed E-state index contributed by atoms with van der Waals surface area (Å²) >= 11 is 0. The Kier molecular flexibility index (Phi) is 7.08. The van der Waals surface area contributed by atoms with Crippen LogP contribution in [-0.2, 0) is 21.3 Å². The molecule has 5 rings (SSSR count). The normalized spacial score (nSPS) is 11.4. The fraction of sp³-hybridized carbons (Fsp3) is 0.133. The average Bonchev–Trinajstić information content (AvgIpc) is 3.40. The Bertz CT molecular complexity index is 1710. The molecule has 0 aliphatic rings. The summed E-state index contributed by atoms with van der Waals surface area (Å²) < 4.78 is 45.8. The van der Waals surface area contributed by atoms with Crippen molar-refractivity contribution in [1.82, 2.24) is 4.98 Å². The van der Waals surface area contributed by atoms with Gasteiger partial charge < -0.3 is 13.9 Å². The molecule has 0 saturated carbocycles. The van der Waals surface area contributed by atoms with E-state index in [0.717, 1.165) is 5.39 Å². The number of ether oxygens (including phenoxy) is 2. The second kappa shape index (κ2) is 10.6. The Labute approximate surface area is 226 Å². The van der Waals surface area contributed by atoms with Crippen LogP contribution in [0.4, 0.5) is 5.69 Å². The third kappa shape index (κ3) is 5.08. The summed E-state index contributed by atoms with van der Waals surface area (Å²) in [5, 5.41) is 0.911. The molecule has 9 heteroatoms. The van der Waals surface area contributed by atoms with Crippen molar-refractivity contribution in [2.45, 2.75) is 18.4 Å². The van der Waals surface area contributed by atoms with E-state index in [4.69, 9.17) is 13.9 Å². The van der Waals surface area contributed by atoms with E-state index in [-0.39, 0.29) is 22.7 Å². The highest BCUT2D eigenvalue weighted by Crippen LogP contribution is 2.37. The van der Waals surface area contributed by atoms with Gasteiger partial charge in [-0.3, -0.25) is 9.29 Å². The van der Waals surface area contributed by atoms with E-state index in [9.17, 15) is 13.2 Å². The highest BCUT2D eigenvalue weighted by molar-refractivity contribution is 7.92. The van der Waals surface area contributed by atoms with Crippen LogP contribution < -0.4 is 9.04 Å². The van der Waals surface area contributed by atoms with Crippen molar-refractivity contribution >= 4 is 32.6 Å². The lowest BCUT2D eigenvalue weighted by atomic mass is 10.0. The topological polar surface area (TPSA) is 98.9 Å². The van der Waals surface area contributed by atoms with E-state index in [1.165, 1.54) is 30.7 Å². The van der Waals surface area contributed by atoms with Gasteiger partial charge in [0.25, 0.3) is 10.0 Å². The molecule has 0 amide bonds. The molecule has 5 aromatic rings. The number of hydrogen-bond acceptors (Lipinski definition) is 7. The molecule has 0 bridgehead atoms. The van der Waals surface area contributed by atoms with Crippen molar-refractivity contribution in [3.05, 3.63) is 108 Å². The third-order valence-corrected chi connectivity index (χ3v) is 8.12. The van der Waals surface area contributed by atoms with Gasteiger partial charge in [-0.1, -0.05) is 24.3 Å². The van der Waals surface area contributed by atoms with Crippen LogP contribution in [0.15, 0.2) is 101 Å². The third-order valence-electron chi connectivity index (χ3n) is 6.36. The first-order valence-corrected chi connectivity index (χ1v) is 13.5. The van der Waals surface area contributed by atoms with E-state index >= 15 is 0 Å². The fourth-order valence-corrected chi connectivity index (χ4v) is 6.00. The number of aryl methyl sites for hydroxylation is 1. The van der Waals surface area contributed by atoms with Crippen LogP contribution in [0.25, 0.3) is 22.3 Å². The van der Waals surface area contributed by atoms with E-state index in [0.29, 0.717) is 33.8 Å². The monoisotopic (exact) mass is 542 g/mol. The van der Waals surface area contributed by atoms with E-state index in [1.807, 2.05) is 30.3 Å². The summed E-state index contributed by atoms with van der Waals surface area (Å²) in [6.07, 6.45) is 3.20. The molecule has 2 heterocycles. The number of rotatable bonds is 8. The molecule has 8 nitrogen and oxygen atoms in total. The maximum Gasteiger partial charge on any atom is 0.340 e. The Hall–Kier alpha value is -4.63. The van der Waals surface area contributed by atoms with Gasteiger partial charge >= 0.3 is 5.97 Å². The molecular formula is C30H26N2O6S. The van der Waals surface area contributed by atoms with E-state index in [1.54, 1.807) is 55.7 Å². The molecule has 0 aliphatic heterocycles. The number of nitrogens with zero attached hydrogens (tertiary/aromatic N) is 2. The number of methoxy groups -OCH3 is 2. The largest absolute Gasteiger partial charge is 0.497 e. The van der Waals surface area contributed by atoms with Gasteiger partial charge in [-0.15, -0.1) is 0 Å². The number of para-hydroxylation sites is 1. The number of anilines is 1. The van der Waals surface area contributed by atoms with Crippen LogP contribution in [0, 0.1) is 6.92 Å². The SMILES string of the molecule is COC(=O)c1cc(-c2cc3ccccc3o2)cc(C)c1N(Cc1cccnc1)S(=O)(=O)c1ccc(OC)cc1. The van der Waals surface area contributed by atoms with Crippen LogP contribution >= 0.6 is 0 Å². The Balaban J connectivity index is 1.71. The zero-order valence-corrected chi connectivity index (χ0v) is 22.4. The Morgan fingerprint density at radius 1 is 0.974 bits per heavy atom. The van der Waals surface area contributed by atoms with Gasteiger partial charge in [0, 0.05) is 23.3 Å². The van der Waals surface area contributed by atoms with Gasteiger partial charge in [-0.2, -0.15) is 0 Å². The molecule has 0 aliphatic carbocycles. The number of pyridine rings is 1. The second-order valence-electron chi connectivity index (χ2n) is 8.88. The Morgan fingerprint density at radius 2 is 1.74 bits per heavy atom. The van der Waals surface area contributed by atoms with Crippen LogP contribution in [-0.4, -0.2) is 33.6 Å². The minimum atomic E-state index is -4.14. The summed E-state index contributed by atoms with van der Waals surface area (Å²) in [5.41, 5.74) is 2.82. The van der Waals surface area contributed by atoms with Crippen molar-refractivity contribution in [3.8, 4) is 17.1 Å². The minimum absolute atomic E-state index is 0.0452. The van der Waals surface area contributed by atoms with Crippen LogP contribution in [0.5, 0.6) is 5.75 Å². The van der Waals surface area contributed by atoms with Gasteiger partial charge in [-0.05, 0) is 72.6 Å². The Morgan fingerprint density at radius 3 is 2.41 bits per heavy atom. The molecule has 0 N–H and O–H groups in total. The zero-order chi connectivity index (χ0) is 27.6. The quantitative estimate of drug-likeness (QED) is 0.222. The predicted octanol–water partition coefficient (Wildman–Crippen LogP) is 5.99. The molecule has 0 spiro atoms. The molecule has 198 valence electrons. The predicted molar refractivity (Wildman–Crippen MR) is 148 cm³/mol. The minimum Gasteiger partial charge on any atom is -0.497 e. The molecule has 0 radical (unpaired) electrons. The molecule has 0 unspecified atom stereocenters. The maximum atomic E-state index is 14.1. The standard InChI is InChI=1S/C30H26N2O6S/c1-20-15-23(28-17-22-8-4-5-9-27(22)38-28)16-26(30(33)37-3)29(20)32(19-21-7-6-14-31-18-21)39(34,35)25-12-10-24(36-2)11-13-25/h4-18H,19H2,1-3H3. The molecule has 3 aromatic carbocycles. The fourth-order valence-electron chi connectivity index (χ4n) is 4.46. The van der Waals surface area contributed by atoms with Gasteiger partial charge in [-0.25, -0.2) is 13.2 Å². The molecule has 0 atom stereocenters. The highest BCUT2D eigenvalue weighted by Gasteiger charge is 2.31. The number of fused-ring (bicyclic) bond motifs is 1. The lowest BCUT2D eigenvalue weighted by molar-refractivity contribution is 0.0601. The first-order valence-electron chi connectivity index (χ1n) is 12.1. The molecule has 0 saturated heterocycles. The van der Waals surface area contributed by atoms with Gasteiger partial charge in [0.05, 0.1) is 36.9 Å². The summed E-state index contributed by atoms with van der Waals surface area (Å²) in [6, 6.07) is 22.5. The van der Waals surface area contributed by atoms with Crippen molar-refractivity contribution in [2.24, 2.45) is 0 Å². The van der Waals surface area contributed by atoms with Crippen LogP contribution in [0.1, 0.15) is 21.5 Å². The molecule has 0 fully saturated rings. The lowest BCUT2D eigenvalue weighted by Gasteiger charge is -2.28. The molecule has 2 aromatic heterocycles. The van der Waals surface area contributed by atoms with E-state index in [2.05, 4.69) is 4.98 Å². The molecule has 39 heavy (non-hydrogen) atoms. The summed E-state index contributed by atoms with van der Waals surface area (Å²) in [6.45, 7) is 1.70. The van der Waals surface area contributed by atoms with Crippen molar-refractivity contribution in [3.63, 3.8) is 0 Å². The number of esters is 1. The number of benzene rings is 3. The second-order valence-corrected chi connectivity index (χ2v) is 10.7. The van der Waals surface area contributed by atoms with Gasteiger partial charge in [0.2, 0.25) is 0 Å². The maximum absolute atomic E-state index is 14.1. The summed E-state index contributed by atoms with van der Waals surface area (Å²) in [5.74, 6) is 0.398. The number of hydrogen-bond donors (Lipinski definition) is 0. The number of aromatic nitrogens is 1. The zero-order valence-electron chi connectivity index (χ0n) is 21.6. The van der Waals surface area contributed by atoms with Crippen LogP contribution in [0.3, 0.4) is 0 Å². The van der Waals surface area contributed by atoms with Gasteiger partial charge in [0.1, 0.15) is 17.1 Å². The number of carbonyl (C=O) groups is 1. The summed E-state index contributed by atoms with van der Waals surface area (Å²) in [4.78, 5) is 17.3. The van der Waals surface area contributed by atoms with Gasteiger partial charge in [0.15, 0.2) is 0 Å². The number of carbonyl (C=O) groups excluding carboxylic acids is 1. The first-order chi connectivity index (χ1) is 18.8. The van der Waals surface area contributed by atoms with E-state index < -0.39 is 16.0 Å². The van der Waals surface area contributed by atoms with Crippen molar-refractivity contribution in [1.29, 1.82) is 0 Å². The molecular weight excluding hydrogens is 516 g/mol. The van der Waals surface area contributed by atoms with Crippen molar-refractivity contribution < 1.29 is 27.1 Å². The summed E-state index contributed by atoms with van der Waals surface area (Å²) in [7, 11) is -1.37. The first kappa shape index (κ1) is 26.0. The lowest BCUT2D eigenvalue weighted by Crippen LogP contribution is -2.33. The van der Waals surface area contributed by atoms with Crippen molar-refractivity contribution in [2.75, 3.05) is 18.5 Å². The number of sulfonamides is 1. The number of furan rings is 1. The smallest absolute Gasteiger partial charge is 0.340 e. The highest BCUT2D eigenvalue weighted by atomic mass is 32.2. The average molecular weight is 543 g/mol. The van der Waals surface area contributed by atoms with Crippen LogP contribution in [0.2, 0.25) is 0 Å².